The second-order valence-electron chi connectivity index (χ2n) is 6.82. The van der Waals surface area contributed by atoms with Crippen molar-refractivity contribution in [2.45, 2.75) is 25.0 Å². The second kappa shape index (κ2) is 9.36. The van der Waals surface area contributed by atoms with Gasteiger partial charge in [-0.3, -0.25) is 4.90 Å². The third-order valence-electron chi connectivity index (χ3n) is 5.00. The maximum Gasteiger partial charge on any atom is 0.573 e. The lowest BCUT2D eigenvalue weighted by atomic mass is 9.97. The number of alkyl halides is 3. The summed E-state index contributed by atoms with van der Waals surface area (Å²) in [5.74, 6) is 0.972. The molecule has 1 N–H and O–H groups in total. The van der Waals surface area contributed by atoms with Gasteiger partial charge in [0.1, 0.15) is 23.5 Å². The Morgan fingerprint density at radius 2 is 1.70 bits per heavy atom. The quantitative estimate of drug-likeness (QED) is 0.689. The summed E-state index contributed by atoms with van der Waals surface area (Å²) in [4.78, 5) is 13.8. The third kappa shape index (κ3) is 5.03. The minimum atomic E-state index is -4.74. The lowest BCUT2D eigenvalue weighted by Gasteiger charge is -2.41. The van der Waals surface area contributed by atoms with E-state index in [1.807, 2.05) is 23.1 Å². The summed E-state index contributed by atoms with van der Waals surface area (Å²) in [7, 11) is 3.13. The van der Waals surface area contributed by atoms with Gasteiger partial charge < -0.3 is 24.3 Å². The van der Waals surface area contributed by atoms with Gasteiger partial charge in [0.2, 0.25) is 0 Å². The normalized spacial score (nSPS) is 19.9. The molecule has 0 amide bonds. The Morgan fingerprint density at radius 1 is 1.07 bits per heavy atom. The van der Waals surface area contributed by atoms with Gasteiger partial charge in [-0.15, -0.1) is 13.2 Å². The zero-order chi connectivity index (χ0) is 21.7. The van der Waals surface area contributed by atoms with Crippen molar-refractivity contribution < 1.29 is 32.2 Å². The molecule has 2 aromatic rings. The van der Waals surface area contributed by atoms with Crippen molar-refractivity contribution in [3.63, 3.8) is 0 Å². The van der Waals surface area contributed by atoms with Gasteiger partial charge in [-0.1, -0.05) is 18.2 Å². The number of carbonyl (C=O) groups is 1. The predicted octanol–water partition coefficient (Wildman–Crippen LogP) is 3.32. The van der Waals surface area contributed by atoms with E-state index < -0.39 is 12.4 Å². The lowest BCUT2D eigenvalue weighted by molar-refractivity contribution is -0.274. The first-order chi connectivity index (χ1) is 14.4. The fraction of sp³-hybridized carbons (Fsp3) is 0.381. The Bertz CT molecular complexity index is 836. The molecule has 0 radical (unpaired) electrons. The molecule has 0 aromatic heterocycles. The summed E-state index contributed by atoms with van der Waals surface area (Å²) in [6.07, 6.45) is -3.88. The van der Waals surface area contributed by atoms with Gasteiger partial charge >= 0.3 is 6.36 Å². The number of carbonyl (C=O) groups excluding carboxylic acids is 1. The molecule has 0 saturated carbocycles. The van der Waals surface area contributed by atoms with Crippen LogP contribution in [0.4, 0.5) is 13.2 Å². The number of hydrogen-bond acceptors (Lipinski definition) is 6. The second-order valence-corrected chi connectivity index (χ2v) is 6.82. The highest BCUT2D eigenvalue weighted by atomic mass is 19.4. The van der Waals surface area contributed by atoms with Crippen LogP contribution in [0.15, 0.2) is 42.5 Å². The molecule has 1 aliphatic heterocycles. The van der Waals surface area contributed by atoms with Crippen LogP contribution in [0.25, 0.3) is 0 Å². The maximum atomic E-state index is 12.4. The number of halogens is 3. The number of hydrogen-bond donors (Lipinski definition) is 1. The van der Waals surface area contributed by atoms with Crippen molar-refractivity contribution >= 4 is 6.29 Å². The number of rotatable bonds is 7. The maximum absolute atomic E-state index is 12.4. The van der Waals surface area contributed by atoms with E-state index >= 15 is 0 Å². The number of nitrogens with zero attached hydrogens (tertiary/aromatic N) is 1. The molecule has 1 fully saturated rings. The smallest absolute Gasteiger partial charge is 0.496 e. The molecule has 6 nitrogen and oxygen atoms in total. The SMILES string of the molecule is COc1cccc(OC)c1C1CNCC(C=O)N1Cc1ccc(OC(F)(F)F)cc1. The molecule has 0 bridgehead atoms. The molecule has 30 heavy (non-hydrogen) atoms. The molecule has 3 rings (SSSR count). The molecule has 1 aliphatic rings. The van der Waals surface area contributed by atoms with Gasteiger partial charge in [0.15, 0.2) is 0 Å². The lowest BCUT2D eigenvalue weighted by Crippen LogP contribution is -2.53. The van der Waals surface area contributed by atoms with Gasteiger partial charge in [0.05, 0.1) is 31.9 Å². The van der Waals surface area contributed by atoms with Crippen LogP contribution in [-0.4, -0.2) is 50.9 Å². The van der Waals surface area contributed by atoms with E-state index in [-0.39, 0.29) is 11.8 Å². The topological polar surface area (TPSA) is 60.0 Å². The van der Waals surface area contributed by atoms with Crippen LogP contribution in [0.2, 0.25) is 0 Å². The highest BCUT2D eigenvalue weighted by Crippen LogP contribution is 2.39. The number of ether oxygens (including phenoxy) is 3. The molecule has 1 saturated heterocycles. The van der Waals surface area contributed by atoms with Crippen LogP contribution in [0.3, 0.4) is 0 Å². The standard InChI is InChI=1S/C21H23F3N2O4/c1-28-18-4-3-5-19(29-2)20(18)17-11-25-10-15(13-27)26(17)12-14-6-8-16(9-7-14)30-21(22,23)24/h3-9,13,15,17,25H,10-12H2,1-2H3. The largest absolute Gasteiger partial charge is 0.573 e. The molecule has 162 valence electrons. The summed E-state index contributed by atoms with van der Waals surface area (Å²) >= 11 is 0. The van der Waals surface area contributed by atoms with Crippen LogP contribution in [0.5, 0.6) is 17.2 Å². The number of benzene rings is 2. The van der Waals surface area contributed by atoms with Crippen molar-refractivity contribution in [3.8, 4) is 17.2 Å². The van der Waals surface area contributed by atoms with Gasteiger partial charge in [-0.05, 0) is 29.8 Å². The average Bonchev–Trinajstić information content (AvgIpc) is 2.73. The Kier molecular flexibility index (Phi) is 6.84. The van der Waals surface area contributed by atoms with E-state index in [0.717, 1.165) is 17.4 Å². The van der Waals surface area contributed by atoms with Crippen molar-refractivity contribution in [1.29, 1.82) is 0 Å². The average molecular weight is 424 g/mol. The van der Waals surface area contributed by atoms with Crippen LogP contribution >= 0.6 is 0 Å². The first kappa shape index (κ1) is 21.9. The van der Waals surface area contributed by atoms with Crippen molar-refractivity contribution in [2.24, 2.45) is 0 Å². The fourth-order valence-electron chi connectivity index (χ4n) is 3.67. The summed E-state index contributed by atoms with van der Waals surface area (Å²) in [5, 5.41) is 3.26. The fourth-order valence-corrected chi connectivity index (χ4v) is 3.67. The number of methoxy groups -OCH3 is 2. The highest BCUT2D eigenvalue weighted by Gasteiger charge is 2.35. The van der Waals surface area contributed by atoms with Crippen molar-refractivity contribution in [1.82, 2.24) is 10.2 Å². The number of nitrogens with one attached hydrogen (secondary N) is 1. The molecule has 1 heterocycles. The van der Waals surface area contributed by atoms with E-state index in [1.54, 1.807) is 26.4 Å². The van der Waals surface area contributed by atoms with Gasteiger partial charge in [0.25, 0.3) is 0 Å². The van der Waals surface area contributed by atoms with E-state index in [9.17, 15) is 18.0 Å². The summed E-state index contributed by atoms with van der Waals surface area (Å²) in [5.41, 5.74) is 1.55. The molecule has 9 heteroatoms. The Hall–Kier alpha value is -2.78. The van der Waals surface area contributed by atoms with Crippen LogP contribution < -0.4 is 19.5 Å². The summed E-state index contributed by atoms with van der Waals surface area (Å²) < 4.78 is 52.2. The van der Waals surface area contributed by atoms with E-state index in [2.05, 4.69) is 10.1 Å². The van der Waals surface area contributed by atoms with E-state index in [1.165, 1.54) is 12.1 Å². The van der Waals surface area contributed by atoms with Crippen LogP contribution in [0.1, 0.15) is 17.2 Å². The molecule has 0 aliphatic carbocycles. The third-order valence-corrected chi connectivity index (χ3v) is 5.00. The first-order valence-electron chi connectivity index (χ1n) is 9.33. The zero-order valence-corrected chi connectivity index (χ0v) is 16.6. The molecule has 0 spiro atoms. The summed E-state index contributed by atoms with van der Waals surface area (Å²) in [6.45, 7) is 1.37. The van der Waals surface area contributed by atoms with Gasteiger partial charge in [-0.25, -0.2) is 0 Å². The minimum Gasteiger partial charge on any atom is -0.496 e. The number of aldehydes is 1. The number of piperazine rings is 1. The minimum absolute atomic E-state index is 0.244. The molecular weight excluding hydrogens is 401 g/mol. The van der Waals surface area contributed by atoms with Crippen molar-refractivity contribution in [2.75, 3.05) is 27.3 Å². The first-order valence-corrected chi connectivity index (χ1v) is 9.33. The molecule has 2 aromatic carbocycles. The Labute approximate surface area is 172 Å². The zero-order valence-electron chi connectivity index (χ0n) is 16.6. The van der Waals surface area contributed by atoms with Crippen LogP contribution in [0, 0.1) is 0 Å². The van der Waals surface area contributed by atoms with E-state index in [0.29, 0.717) is 31.1 Å². The van der Waals surface area contributed by atoms with Crippen LogP contribution in [-0.2, 0) is 11.3 Å². The monoisotopic (exact) mass is 424 g/mol. The van der Waals surface area contributed by atoms with Gasteiger partial charge in [-0.2, -0.15) is 0 Å². The van der Waals surface area contributed by atoms with E-state index in [4.69, 9.17) is 9.47 Å². The molecule has 2 unspecified atom stereocenters. The van der Waals surface area contributed by atoms with Gasteiger partial charge in [0, 0.05) is 19.6 Å². The van der Waals surface area contributed by atoms with Crippen molar-refractivity contribution in [3.05, 3.63) is 53.6 Å². The highest BCUT2D eigenvalue weighted by molar-refractivity contribution is 5.59. The molecule has 2 atom stereocenters. The predicted molar refractivity (Wildman–Crippen MR) is 104 cm³/mol. The Morgan fingerprint density at radius 3 is 2.23 bits per heavy atom. The molecular formula is C21H23F3N2O4. The summed E-state index contributed by atoms with van der Waals surface area (Å²) in [6, 6.07) is 10.4. The Balaban J connectivity index is 1.91.